The zero-order valence-electron chi connectivity index (χ0n) is 13.8. The van der Waals surface area contributed by atoms with Crippen molar-refractivity contribution < 1.29 is 9.53 Å². The summed E-state index contributed by atoms with van der Waals surface area (Å²) in [6.07, 6.45) is 1.86. The summed E-state index contributed by atoms with van der Waals surface area (Å²) >= 11 is 5.86. The number of nitrogens with one attached hydrogen (secondary N) is 1. The monoisotopic (exact) mass is 339 g/mol. The van der Waals surface area contributed by atoms with Crippen molar-refractivity contribution >= 4 is 17.6 Å². The summed E-state index contributed by atoms with van der Waals surface area (Å²) in [7, 11) is 1.73. The van der Waals surface area contributed by atoms with Crippen LogP contribution in [0.15, 0.2) is 24.3 Å². The van der Waals surface area contributed by atoms with Crippen molar-refractivity contribution in [1.29, 1.82) is 0 Å². The zero-order valence-corrected chi connectivity index (χ0v) is 14.5. The SMILES string of the molecule is COCCCN1CCN(C(=O)NCCc2ccc(Cl)cc2)CC1. The highest BCUT2D eigenvalue weighted by Crippen LogP contribution is 2.09. The second-order valence-electron chi connectivity index (χ2n) is 5.78. The van der Waals surface area contributed by atoms with Crippen molar-refractivity contribution in [3.8, 4) is 0 Å². The minimum Gasteiger partial charge on any atom is -0.385 e. The Morgan fingerprint density at radius 3 is 2.57 bits per heavy atom. The fourth-order valence-corrected chi connectivity index (χ4v) is 2.81. The number of piperazine rings is 1. The van der Waals surface area contributed by atoms with Crippen LogP contribution in [0.4, 0.5) is 4.79 Å². The topological polar surface area (TPSA) is 44.8 Å². The van der Waals surface area contributed by atoms with Crippen LogP contribution < -0.4 is 5.32 Å². The molecule has 0 atom stereocenters. The molecule has 6 heteroatoms. The van der Waals surface area contributed by atoms with Crippen LogP contribution in [0, 0.1) is 0 Å². The summed E-state index contributed by atoms with van der Waals surface area (Å²) in [5.74, 6) is 0. The van der Waals surface area contributed by atoms with Crippen molar-refractivity contribution in [2.75, 3.05) is 53.0 Å². The Morgan fingerprint density at radius 1 is 1.22 bits per heavy atom. The molecule has 0 aromatic heterocycles. The molecule has 1 heterocycles. The van der Waals surface area contributed by atoms with E-state index >= 15 is 0 Å². The maximum atomic E-state index is 12.2. The molecular formula is C17H26ClN3O2. The fraction of sp³-hybridized carbons (Fsp3) is 0.588. The first-order chi connectivity index (χ1) is 11.2. The van der Waals surface area contributed by atoms with Crippen LogP contribution in [0.3, 0.4) is 0 Å². The molecule has 23 heavy (non-hydrogen) atoms. The number of hydrogen-bond donors (Lipinski definition) is 1. The zero-order chi connectivity index (χ0) is 16.5. The molecule has 1 aliphatic heterocycles. The van der Waals surface area contributed by atoms with E-state index in [0.717, 1.165) is 57.2 Å². The maximum absolute atomic E-state index is 12.2. The molecule has 1 aromatic rings. The number of methoxy groups -OCH3 is 1. The molecule has 1 N–H and O–H groups in total. The number of ether oxygens (including phenoxy) is 1. The van der Waals surface area contributed by atoms with E-state index in [1.54, 1.807) is 7.11 Å². The fourth-order valence-electron chi connectivity index (χ4n) is 2.68. The van der Waals surface area contributed by atoms with Crippen molar-refractivity contribution in [2.45, 2.75) is 12.8 Å². The number of halogens is 1. The summed E-state index contributed by atoms with van der Waals surface area (Å²) < 4.78 is 5.07. The lowest BCUT2D eigenvalue weighted by Crippen LogP contribution is -2.52. The third-order valence-corrected chi connectivity index (χ3v) is 4.34. The van der Waals surface area contributed by atoms with Gasteiger partial charge in [-0.05, 0) is 30.5 Å². The first-order valence-electron chi connectivity index (χ1n) is 8.17. The maximum Gasteiger partial charge on any atom is 0.317 e. The predicted molar refractivity (Wildman–Crippen MR) is 93.1 cm³/mol. The minimum absolute atomic E-state index is 0.0375. The van der Waals surface area contributed by atoms with E-state index in [0.29, 0.717) is 6.54 Å². The predicted octanol–water partition coefficient (Wildman–Crippen LogP) is 2.25. The van der Waals surface area contributed by atoms with Crippen LogP contribution in [-0.2, 0) is 11.2 Å². The van der Waals surface area contributed by atoms with E-state index in [2.05, 4.69) is 10.2 Å². The average molecular weight is 340 g/mol. The van der Waals surface area contributed by atoms with Crippen LogP contribution in [0.1, 0.15) is 12.0 Å². The number of benzene rings is 1. The Hall–Kier alpha value is -1.30. The van der Waals surface area contributed by atoms with Gasteiger partial charge in [0.15, 0.2) is 0 Å². The third-order valence-electron chi connectivity index (χ3n) is 4.09. The Labute approximate surface area is 143 Å². The average Bonchev–Trinajstić information content (AvgIpc) is 2.57. The summed E-state index contributed by atoms with van der Waals surface area (Å²) in [6.45, 7) is 5.95. The van der Waals surface area contributed by atoms with Crippen LogP contribution in [0.25, 0.3) is 0 Å². The van der Waals surface area contributed by atoms with Gasteiger partial charge in [-0.1, -0.05) is 23.7 Å². The van der Waals surface area contributed by atoms with Crippen LogP contribution in [0.2, 0.25) is 5.02 Å². The van der Waals surface area contributed by atoms with Crippen molar-refractivity contribution in [3.63, 3.8) is 0 Å². The summed E-state index contributed by atoms with van der Waals surface area (Å²) in [4.78, 5) is 16.4. The highest BCUT2D eigenvalue weighted by atomic mass is 35.5. The van der Waals surface area contributed by atoms with Gasteiger partial charge in [0.05, 0.1) is 0 Å². The molecule has 1 aromatic carbocycles. The van der Waals surface area contributed by atoms with Crippen molar-refractivity contribution in [1.82, 2.24) is 15.1 Å². The highest BCUT2D eigenvalue weighted by molar-refractivity contribution is 6.30. The number of carbonyl (C=O) groups is 1. The lowest BCUT2D eigenvalue weighted by molar-refractivity contribution is 0.125. The van der Waals surface area contributed by atoms with Gasteiger partial charge in [-0.3, -0.25) is 4.90 Å². The first-order valence-corrected chi connectivity index (χ1v) is 8.55. The molecule has 2 rings (SSSR count). The number of amides is 2. The molecule has 5 nitrogen and oxygen atoms in total. The summed E-state index contributed by atoms with van der Waals surface area (Å²) in [5.41, 5.74) is 1.18. The Balaban J connectivity index is 1.62. The largest absolute Gasteiger partial charge is 0.385 e. The Kier molecular flexibility index (Phi) is 7.65. The third kappa shape index (κ3) is 6.37. The van der Waals surface area contributed by atoms with Gasteiger partial charge in [-0.15, -0.1) is 0 Å². The summed E-state index contributed by atoms with van der Waals surface area (Å²) in [5, 5.41) is 3.74. The molecule has 1 saturated heterocycles. The minimum atomic E-state index is 0.0375. The molecule has 128 valence electrons. The summed E-state index contributed by atoms with van der Waals surface area (Å²) in [6, 6.07) is 7.78. The van der Waals surface area contributed by atoms with E-state index in [4.69, 9.17) is 16.3 Å². The molecule has 1 fully saturated rings. The molecule has 2 amide bonds. The molecular weight excluding hydrogens is 314 g/mol. The molecule has 0 unspecified atom stereocenters. The lowest BCUT2D eigenvalue weighted by Gasteiger charge is -2.34. The van der Waals surface area contributed by atoms with Gasteiger partial charge in [0.1, 0.15) is 0 Å². The van der Waals surface area contributed by atoms with Gasteiger partial charge in [-0.2, -0.15) is 0 Å². The Bertz CT molecular complexity index is 473. The number of carbonyl (C=O) groups excluding carboxylic acids is 1. The molecule has 1 aliphatic rings. The molecule has 0 bridgehead atoms. The van der Waals surface area contributed by atoms with Crippen molar-refractivity contribution in [3.05, 3.63) is 34.9 Å². The normalized spacial score (nSPS) is 15.7. The second-order valence-corrected chi connectivity index (χ2v) is 6.22. The van der Waals surface area contributed by atoms with E-state index in [9.17, 15) is 4.79 Å². The molecule has 0 aliphatic carbocycles. The van der Waals surface area contributed by atoms with Gasteiger partial charge < -0.3 is 15.0 Å². The quantitative estimate of drug-likeness (QED) is 0.775. The van der Waals surface area contributed by atoms with E-state index < -0.39 is 0 Å². The first kappa shape index (κ1) is 18.0. The van der Waals surface area contributed by atoms with E-state index in [1.165, 1.54) is 5.56 Å². The van der Waals surface area contributed by atoms with Gasteiger partial charge in [0.2, 0.25) is 0 Å². The van der Waals surface area contributed by atoms with Gasteiger partial charge in [-0.25, -0.2) is 4.79 Å². The highest BCUT2D eigenvalue weighted by Gasteiger charge is 2.20. The number of hydrogen-bond acceptors (Lipinski definition) is 3. The van der Waals surface area contributed by atoms with E-state index in [1.807, 2.05) is 29.2 Å². The number of urea groups is 1. The molecule has 0 radical (unpaired) electrons. The van der Waals surface area contributed by atoms with Gasteiger partial charge in [0.25, 0.3) is 0 Å². The standard InChI is InChI=1S/C17H26ClN3O2/c1-23-14-2-9-20-10-12-21(13-11-20)17(22)19-8-7-15-3-5-16(18)6-4-15/h3-6H,2,7-14H2,1H3,(H,19,22). The van der Waals surface area contributed by atoms with Gasteiger partial charge in [0, 0.05) is 58.0 Å². The number of rotatable bonds is 7. The molecule has 0 saturated carbocycles. The smallest absolute Gasteiger partial charge is 0.317 e. The van der Waals surface area contributed by atoms with Crippen LogP contribution in [-0.4, -0.2) is 68.8 Å². The molecule has 0 spiro atoms. The Morgan fingerprint density at radius 2 is 1.91 bits per heavy atom. The second kappa shape index (κ2) is 9.75. The lowest BCUT2D eigenvalue weighted by atomic mass is 10.1. The van der Waals surface area contributed by atoms with Crippen LogP contribution >= 0.6 is 11.6 Å². The van der Waals surface area contributed by atoms with Crippen LogP contribution in [0.5, 0.6) is 0 Å². The number of nitrogens with zero attached hydrogens (tertiary/aromatic N) is 2. The van der Waals surface area contributed by atoms with Gasteiger partial charge >= 0.3 is 6.03 Å². The van der Waals surface area contributed by atoms with Crippen molar-refractivity contribution in [2.24, 2.45) is 0 Å². The van der Waals surface area contributed by atoms with E-state index in [-0.39, 0.29) is 6.03 Å².